The van der Waals surface area contributed by atoms with Crippen LogP contribution in [0.4, 0.5) is 0 Å². The number of rotatable bonds is 1. The van der Waals surface area contributed by atoms with Gasteiger partial charge in [-0.2, -0.15) is 0 Å². The highest BCUT2D eigenvalue weighted by Crippen LogP contribution is 2.28. The van der Waals surface area contributed by atoms with Gasteiger partial charge in [0.1, 0.15) is 5.15 Å². The highest BCUT2D eigenvalue weighted by Gasteiger charge is 2.29. The third-order valence-electron chi connectivity index (χ3n) is 4.12. The maximum atomic E-state index is 12.8. The fraction of sp³-hybridized carbons (Fsp3) is 0.375. The van der Waals surface area contributed by atoms with Crippen LogP contribution in [0.5, 0.6) is 0 Å². The highest BCUT2D eigenvalue weighted by atomic mass is 35.5. The molecule has 0 aliphatic carbocycles. The summed E-state index contributed by atoms with van der Waals surface area (Å²) in [6.45, 7) is 7.55. The van der Waals surface area contributed by atoms with Gasteiger partial charge in [-0.25, -0.2) is 4.98 Å². The Morgan fingerprint density at radius 1 is 1.29 bits per heavy atom. The molecule has 0 N–H and O–H groups in total. The van der Waals surface area contributed by atoms with Gasteiger partial charge in [-0.15, -0.1) is 0 Å². The zero-order chi connectivity index (χ0) is 15.1. The molecule has 1 unspecified atom stereocenters. The lowest BCUT2D eigenvalue weighted by Gasteiger charge is -2.35. The number of nitrogens with zero attached hydrogens (tertiary/aromatic N) is 3. The van der Waals surface area contributed by atoms with E-state index in [-0.39, 0.29) is 11.9 Å². The molecule has 3 rings (SSSR count). The first-order valence-corrected chi connectivity index (χ1v) is 7.46. The standard InChI is InChI=1S/C16H18ClN3O/c1-10-8-13(9-15(17)18-10)16(21)20-7-6-19-11(2)4-5-14(19)12(20)3/h4-5,8-9,12H,6-7H2,1-3H3. The number of aryl methyl sites for hydroxylation is 2. The number of amides is 1. The molecule has 21 heavy (non-hydrogen) atoms. The summed E-state index contributed by atoms with van der Waals surface area (Å²) >= 11 is 5.97. The van der Waals surface area contributed by atoms with Crippen LogP contribution in [-0.4, -0.2) is 26.9 Å². The van der Waals surface area contributed by atoms with Crippen molar-refractivity contribution in [3.63, 3.8) is 0 Å². The highest BCUT2D eigenvalue weighted by molar-refractivity contribution is 6.29. The van der Waals surface area contributed by atoms with E-state index in [1.807, 2.05) is 11.8 Å². The Bertz CT molecular complexity index is 687. The van der Waals surface area contributed by atoms with Crippen LogP contribution in [0.15, 0.2) is 24.3 Å². The summed E-state index contributed by atoms with van der Waals surface area (Å²) in [6, 6.07) is 7.70. The molecule has 3 heterocycles. The molecular weight excluding hydrogens is 286 g/mol. The predicted molar refractivity (Wildman–Crippen MR) is 82.6 cm³/mol. The van der Waals surface area contributed by atoms with Crippen LogP contribution in [0.2, 0.25) is 5.15 Å². The monoisotopic (exact) mass is 303 g/mol. The van der Waals surface area contributed by atoms with Crippen LogP contribution in [-0.2, 0) is 6.54 Å². The van der Waals surface area contributed by atoms with E-state index in [1.165, 1.54) is 11.4 Å². The molecule has 0 saturated carbocycles. The molecule has 1 aliphatic rings. The van der Waals surface area contributed by atoms with Crippen LogP contribution in [0.25, 0.3) is 0 Å². The average Bonchev–Trinajstić information content (AvgIpc) is 2.80. The van der Waals surface area contributed by atoms with Crippen molar-refractivity contribution < 1.29 is 4.79 Å². The number of halogens is 1. The summed E-state index contributed by atoms with van der Waals surface area (Å²) in [5.41, 5.74) is 3.79. The van der Waals surface area contributed by atoms with Gasteiger partial charge in [-0.1, -0.05) is 11.6 Å². The molecule has 0 aromatic carbocycles. The van der Waals surface area contributed by atoms with E-state index in [0.29, 0.717) is 17.3 Å². The zero-order valence-corrected chi connectivity index (χ0v) is 13.2. The number of hydrogen-bond acceptors (Lipinski definition) is 2. The molecule has 4 nitrogen and oxygen atoms in total. The fourth-order valence-corrected chi connectivity index (χ4v) is 3.27. The summed E-state index contributed by atoms with van der Waals surface area (Å²) in [5.74, 6) is 0.0139. The van der Waals surface area contributed by atoms with Gasteiger partial charge in [0.25, 0.3) is 5.91 Å². The molecule has 1 aliphatic heterocycles. The fourth-order valence-electron chi connectivity index (χ4n) is 3.02. The average molecular weight is 304 g/mol. The van der Waals surface area contributed by atoms with E-state index in [1.54, 1.807) is 12.1 Å². The first kappa shape index (κ1) is 14.1. The van der Waals surface area contributed by atoms with E-state index >= 15 is 0 Å². The van der Waals surface area contributed by atoms with Crippen LogP contribution >= 0.6 is 11.6 Å². The Labute approximate surface area is 129 Å². The van der Waals surface area contributed by atoms with Crippen molar-refractivity contribution >= 4 is 17.5 Å². The number of carbonyl (C=O) groups is 1. The first-order chi connectivity index (χ1) is 9.97. The van der Waals surface area contributed by atoms with Gasteiger partial charge in [-0.3, -0.25) is 4.79 Å². The summed E-state index contributed by atoms with van der Waals surface area (Å²) in [5, 5.41) is 0.363. The third kappa shape index (κ3) is 2.44. The Morgan fingerprint density at radius 2 is 2.05 bits per heavy atom. The van der Waals surface area contributed by atoms with Crippen molar-refractivity contribution in [3.05, 3.63) is 52.1 Å². The first-order valence-electron chi connectivity index (χ1n) is 7.08. The summed E-state index contributed by atoms with van der Waals surface area (Å²) < 4.78 is 2.28. The SMILES string of the molecule is Cc1cc(C(=O)N2CCn3c(C)ccc3C2C)cc(Cl)n1. The van der Waals surface area contributed by atoms with E-state index in [0.717, 1.165) is 12.2 Å². The Kier molecular flexibility index (Phi) is 3.49. The molecule has 0 saturated heterocycles. The topological polar surface area (TPSA) is 38.1 Å². The second-order valence-electron chi connectivity index (χ2n) is 5.55. The molecular formula is C16H18ClN3O. The summed E-state index contributed by atoms with van der Waals surface area (Å²) in [4.78, 5) is 18.8. The van der Waals surface area contributed by atoms with Crippen molar-refractivity contribution in [1.82, 2.24) is 14.5 Å². The minimum atomic E-state index is 0.0139. The maximum absolute atomic E-state index is 12.8. The number of hydrogen-bond donors (Lipinski definition) is 0. The Morgan fingerprint density at radius 3 is 2.76 bits per heavy atom. The second-order valence-corrected chi connectivity index (χ2v) is 5.93. The van der Waals surface area contributed by atoms with Crippen molar-refractivity contribution in [1.29, 1.82) is 0 Å². The Hall–Kier alpha value is -1.81. The minimum absolute atomic E-state index is 0.0139. The lowest BCUT2D eigenvalue weighted by Crippen LogP contribution is -2.41. The Balaban J connectivity index is 1.92. The molecule has 110 valence electrons. The molecule has 1 atom stereocenters. The molecule has 2 aromatic rings. The van der Waals surface area contributed by atoms with Crippen molar-refractivity contribution in [2.75, 3.05) is 6.54 Å². The predicted octanol–water partition coefficient (Wildman–Crippen LogP) is 3.37. The zero-order valence-electron chi connectivity index (χ0n) is 12.4. The van der Waals surface area contributed by atoms with Crippen molar-refractivity contribution in [3.8, 4) is 0 Å². The maximum Gasteiger partial charge on any atom is 0.254 e. The van der Waals surface area contributed by atoms with E-state index in [2.05, 4.69) is 35.5 Å². The molecule has 0 radical (unpaired) electrons. The van der Waals surface area contributed by atoms with Crippen LogP contribution in [0.3, 0.4) is 0 Å². The van der Waals surface area contributed by atoms with Gasteiger partial charge in [0, 0.05) is 35.7 Å². The molecule has 1 amide bonds. The molecule has 0 fully saturated rings. The molecule has 2 aromatic heterocycles. The lowest BCUT2D eigenvalue weighted by atomic mass is 10.1. The van der Waals surface area contributed by atoms with Crippen molar-refractivity contribution in [2.24, 2.45) is 0 Å². The number of aromatic nitrogens is 2. The molecule has 0 bridgehead atoms. The van der Waals surface area contributed by atoms with Crippen LogP contribution < -0.4 is 0 Å². The van der Waals surface area contributed by atoms with E-state index in [4.69, 9.17) is 11.6 Å². The van der Waals surface area contributed by atoms with Crippen molar-refractivity contribution in [2.45, 2.75) is 33.4 Å². The van der Waals surface area contributed by atoms with Gasteiger partial charge < -0.3 is 9.47 Å². The largest absolute Gasteiger partial charge is 0.345 e. The summed E-state index contributed by atoms with van der Waals surface area (Å²) in [6.07, 6.45) is 0. The second kappa shape index (κ2) is 5.19. The lowest BCUT2D eigenvalue weighted by molar-refractivity contribution is 0.0642. The molecule has 0 spiro atoms. The van der Waals surface area contributed by atoms with Gasteiger partial charge in [0.2, 0.25) is 0 Å². The van der Waals surface area contributed by atoms with Gasteiger partial charge in [0.05, 0.1) is 6.04 Å². The molecule has 5 heteroatoms. The van der Waals surface area contributed by atoms with Crippen LogP contribution in [0, 0.1) is 13.8 Å². The van der Waals surface area contributed by atoms with E-state index < -0.39 is 0 Å². The van der Waals surface area contributed by atoms with Gasteiger partial charge >= 0.3 is 0 Å². The van der Waals surface area contributed by atoms with E-state index in [9.17, 15) is 4.79 Å². The van der Waals surface area contributed by atoms with Gasteiger partial charge in [-0.05, 0) is 45.0 Å². The smallest absolute Gasteiger partial charge is 0.254 e. The van der Waals surface area contributed by atoms with Crippen LogP contribution in [0.1, 0.15) is 40.4 Å². The number of fused-ring (bicyclic) bond motifs is 1. The third-order valence-corrected chi connectivity index (χ3v) is 4.32. The van der Waals surface area contributed by atoms with Gasteiger partial charge in [0.15, 0.2) is 0 Å². The minimum Gasteiger partial charge on any atom is -0.345 e. The number of pyridine rings is 1. The summed E-state index contributed by atoms with van der Waals surface area (Å²) in [7, 11) is 0. The normalized spacial score (nSPS) is 17.7. The number of carbonyl (C=O) groups excluding carboxylic acids is 1. The quantitative estimate of drug-likeness (QED) is 0.758.